The van der Waals surface area contributed by atoms with Gasteiger partial charge in [0.05, 0.1) is 5.69 Å². The summed E-state index contributed by atoms with van der Waals surface area (Å²) in [6, 6.07) is 24.3. The molecular formula is C25H21N3O2. The van der Waals surface area contributed by atoms with Crippen molar-refractivity contribution < 1.29 is 9.53 Å². The Hall–Kier alpha value is -3.86. The van der Waals surface area contributed by atoms with Crippen LogP contribution in [0.5, 0.6) is 0 Å². The molecule has 1 saturated heterocycles. The molecule has 0 atom stereocenters. The smallest absolute Gasteiger partial charge is 0.305 e. The van der Waals surface area contributed by atoms with Gasteiger partial charge in [-0.3, -0.25) is 9.69 Å². The van der Waals surface area contributed by atoms with Gasteiger partial charge < -0.3 is 9.30 Å². The SMILES string of the molecule is CCN1C(=O)/C(=C\c2ccc3c(c2)c2ccccc2n3C)O/C1=N/c1ccccc1. The van der Waals surface area contributed by atoms with Crippen molar-refractivity contribution in [1.29, 1.82) is 0 Å². The highest BCUT2D eigenvalue weighted by molar-refractivity contribution is 6.12. The van der Waals surface area contributed by atoms with E-state index in [0.29, 0.717) is 12.6 Å². The number of carbonyl (C=O) groups excluding carboxylic acids is 1. The molecule has 5 nitrogen and oxygen atoms in total. The molecule has 0 spiro atoms. The van der Waals surface area contributed by atoms with E-state index in [2.05, 4.69) is 40.9 Å². The summed E-state index contributed by atoms with van der Waals surface area (Å²) in [7, 11) is 2.07. The number of nitrogens with zero attached hydrogens (tertiary/aromatic N) is 3. The summed E-state index contributed by atoms with van der Waals surface area (Å²) in [6.45, 7) is 2.40. The number of rotatable bonds is 3. The Labute approximate surface area is 174 Å². The summed E-state index contributed by atoms with van der Waals surface area (Å²) in [6.07, 6.45) is 1.79. The second kappa shape index (κ2) is 7.19. The molecule has 0 N–H and O–H groups in total. The van der Waals surface area contributed by atoms with Crippen molar-refractivity contribution in [2.45, 2.75) is 6.92 Å². The van der Waals surface area contributed by atoms with Crippen LogP contribution in [0.1, 0.15) is 12.5 Å². The van der Waals surface area contributed by atoms with E-state index in [1.807, 2.05) is 55.5 Å². The maximum atomic E-state index is 12.9. The number of aryl methyl sites for hydroxylation is 1. The fourth-order valence-corrected chi connectivity index (χ4v) is 3.91. The Balaban J connectivity index is 1.56. The zero-order chi connectivity index (χ0) is 20.7. The van der Waals surface area contributed by atoms with Crippen LogP contribution in [-0.4, -0.2) is 27.9 Å². The van der Waals surface area contributed by atoms with E-state index < -0.39 is 0 Å². The lowest BCUT2D eigenvalue weighted by Crippen LogP contribution is -2.29. The molecular weight excluding hydrogens is 374 g/mol. The molecule has 5 heteroatoms. The van der Waals surface area contributed by atoms with Gasteiger partial charge in [-0.1, -0.05) is 42.5 Å². The van der Waals surface area contributed by atoms with Crippen LogP contribution < -0.4 is 0 Å². The Morgan fingerprint density at radius 2 is 1.67 bits per heavy atom. The third-order valence-corrected chi connectivity index (χ3v) is 5.42. The van der Waals surface area contributed by atoms with E-state index in [1.54, 1.807) is 11.0 Å². The van der Waals surface area contributed by atoms with Gasteiger partial charge in [-0.2, -0.15) is 4.99 Å². The fourth-order valence-electron chi connectivity index (χ4n) is 3.91. The number of aromatic nitrogens is 1. The number of amidine groups is 1. The van der Waals surface area contributed by atoms with Gasteiger partial charge in [0.1, 0.15) is 0 Å². The molecule has 1 aromatic heterocycles. The van der Waals surface area contributed by atoms with Crippen LogP contribution in [0, 0.1) is 0 Å². The molecule has 0 unspecified atom stereocenters. The van der Waals surface area contributed by atoms with Crippen molar-refractivity contribution >= 4 is 45.5 Å². The van der Waals surface area contributed by atoms with Gasteiger partial charge in [0.15, 0.2) is 5.76 Å². The first-order valence-electron chi connectivity index (χ1n) is 9.98. The summed E-state index contributed by atoms with van der Waals surface area (Å²) in [5, 5.41) is 2.34. The Morgan fingerprint density at radius 1 is 0.933 bits per heavy atom. The van der Waals surface area contributed by atoms with Crippen molar-refractivity contribution in [2.75, 3.05) is 6.54 Å². The number of benzene rings is 3. The van der Waals surface area contributed by atoms with Crippen molar-refractivity contribution in [1.82, 2.24) is 9.47 Å². The molecule has 3 aromatic carbocycles. The maximum absolute atomic E-state index is 12.9. The van der Waals surface area contributed by atoms with E-state index in [0.717, 1.165) is 22.2 Å². The molecule has 0 bridgehead atoms. The van der Waals surface area contributed by atoms with Crippen molar-refractivity contribution in [3.8, 4) is 0 Å². The zero-order valence-corrected chi connectivity index (χ0v) is 16.9. The normalized spacial score (nSPS) is 16.9. The van der Waals surface area contributed by atoms with Crippen LogP contribution in [0.4, 0.5) is 5.69 Å². The molecule has 0 radical (unpaired) electrons. The summed E-state index contributed by atoms with van der Waals surface area (Å²) in [5.41, 5.74) is 4.00. The molecule has 1 amide bonds. The van der Waals surface area contributed by atoms with Crippen molar-refractivity contribution in [3.05, 3.63) is 84.1 Å². The second-order valence-corrected chi connectivity index (χ2v) is 7.24. The molecule has 1 aliphatic heterocycles. The van der Waals surface area contributed by atoms with Gasteiger partial charge in [0.2, 0.25) is 0 Å². The van der Waals surface area contributed by atoms with E-state index >= 15 is 0 Å². The van der Waals surface area contributed by atoms with Gasteiger partial charge in [-0.15, -0.1) is 0 Å². The highest BCUT2D eigenvalue weighted by Gasteiger charge is 2.33. The number of hydrogen-bond acceptors (Lipinski definition) is 3. The van der Waals surface area contributed by atoms with Gasteiger partial charge in [-0.05, 0) is 48.9 Å². The van der Waals surface area contributed by atoms with Crippen LogP contribution in [0.15, 0.2) is 83.5 Å². The molecule has 5 rings (SSSR count). The predicted molar refractivity (Wildman–Crippen MR) is 120 cm³/mol. The molecule has 1 fully saturated rings. The zero-order valence-electron chi connectivity index (χ0n) is 16.9. The van der Waals surface area contributed by atoms with E-state index in [4.69, 9.17) is 4.74 Å². The Kier molecular flexibility index (Phi) is 4.36. The quantitative estimate of drug-likeness (QED) is 0.446. The number of likely N-dealkylation sites (N-methyl/N-ethyl adjacent to an activating group) is 1. The molecule has 30 heavy (non-hydrogen) atoms. The van der Waals surface area contributed by atoms with Gasteiger partial charge in [0.25, 0.3) is 5.91 Å². The van der Waals surface area contributed by atoms with Crippen LogP contribution in [-0.2, 0) is 16.6 Å². The minimum absolute atomic E-state index is 0.176. The average molecular weight is 395 g/mol. The monoisotopic (exact) mass is 395 g/mol. The predicted octanol–water partition coefficient (Wildman–Crippen LogP) is 5.24. The highest BCUT2D eigenvalue weighted by atomic mass is 16.5. The number of para-hydroxylation sites is 2. The number of hydrogen-bond donors (Lipinski definition) is 0. The Morgan fingerprint density at radius 3 is 2.47 bits per heavy atom. The largest absolute Gasteiger partial charge is 0.419 e. The molecule has 0 aliphatic carbocycles. The van der Waals surface area contributed by atoms with Crippen molar-refractivity contribution in [2.24, 2.45) is 12.0 Å². The third kappa shape index (κ3) is 2.95. The first-order valence-corrected chi connectivity index (χ1v) is 9.98. The van der Waals surface area contributed by atoms with E-state index in [-0.39, 0.29) is 11.7 Å². The molecule has 4 aromatic rings. The summed E-state index contributed by atoms with van der Waals surface area (Å²) >= 11 is 0. The molecule has 0 saturated carbocycles. The summed E-state index contributed by atoms with van der Waals surface area (Å²) in [4.78, 5) is 18.9. The highest BCUT2D eigenvalue weighted by Crippen LogP contribution is 2.30. The summed E-state index contributed by atoms with van der Waals surface area (Å²) in [5.74, 6) is 0.108. The number of amides is 1. The van der Waals surface area contributed by atoms with Gasteiger partial charge in [-0.25, -0.2) is 0 Å². The van der Waals surface area contributed by atoms with Crippen LogP contribution in [0.3, 0.4) is 0 Å². The van der Waals surface area contributed by atoms with Gasteiger partial charge in [0, 0.05) is 35.4 Å². The first kappa shape index (κ1) is 18.2. The van der Waals surface area contributed by atoms with Crippen molar-refractivity contribution in [3.63, 3.8) is 0 Å². The standard InChI is InChI=1S/C25H21N3O2/c1-3-28-24(29)23(30-25(28)26-18-9-5-4-6-10-18)16-17-13-14-22-20(15-17)19-11-7-8-12-21(19)27(22)2/h4-16H,3H2,1-2H3/b23-16+,26-25+. The van der Waals surface area contributed by atoms with Gasteiger partial charge >= 0.3 is 6.02 Å². The number of ether oxygens (including phenoxy) is 1. The number of carbonyl (C=O) groups is 1. The minimum Gasteiger partial charge on any atom is -0.419 e. The summed E-state index contributed by atoms with van der Waals surface area (Å²) < 4.78 is 8.05. The topological polar surface area (TPSA) is 46.8 Å². The number of fused-ring (bicyclic) bond motifs is 3. The average Bonchev–Trinajstić information content (AvgIpc) is 3.22. The number of aliphatic imine (C=N–C) groups is 1. The lowest BCUT2D eigenvalue weighted by atomic mass is 10.1. The molecule has 1 aliphatic rings. The van der Waals surface area contributed by atoms with E-state index in [9.17, 15) is 4.79 Å². The third-order valence-electron chi connectivity index (χ3n) is 5.42. The molecule has 2 heterocycles. The first-order chi connectivity index (χ1) is 14.7. The minimum atomic E-state index is -0.176. The van der Waals surface area contributed by atoms with Crippen LogP contribution in [0.2, 0.25) is 0 Å². The van der Waals surface area contributed by atoms with E-state index in [1.165, 1.54) is 10.9 Å². The fraction of sp³-hybridized carbons (Fsp3) is 0.120. The second-order valence-electron chi connectivity index (χ2n) is 7.24. The van der Waals surface area contributed by atoms with Crippen LogP contribution in [0.25, 0.3) is 27.9 Å². The Bertz CT molecular complexity index is 1330. The van der Waals surface area contributed by atoms with Crippen LogP contribution >= 0.6 is 0 Å². The maximum Gasteiger partial charge on any atom is 0.305 e. The lowest BCUT2D eigenvalue weighted by Gasteiger charge is -2.09. The molecule has 148 valence electrons. The lowest BCUT2D eigenvalue weighted by molar-refractivity contribution is -0.122.